The van der Waals surface area contributed by atoms with Gasteiger partial charge in [-0.15, -0.1) is 0 Å². The summed E-state index contributed by atoms with van der Waals surface area (Å²) in [6, 6.07) is 6.26. The van der Waals surface area contributed by atoms with Crippen LogP contribution in [-0.2, 0) is 6.54 Å². The van der Waals surface area contributed by atoms with E-state index in [1.807, 2.05) is 12.1 Å². The minimum atomic E-state index is 0.248. The van der Waals surface area contributed by atoms with E-state index in [-0.39, 0.29) is 5.75 Å². The van der Waals surface area contributed by atoms with E-state index in [2.05, 4.69) is 11.8 Å². The van der Waals surface area contributed by atoms with Crippen molar-refractivity contribution in [2.45, 2.75) is 51.6 Å². The lowest BCUT2D eigenvalue weighted by Gasteiger charge is -2.29. The van der Waals surface area contributed by atoms with E-state index < -0.39 is 0 Å². The van der Waals surface area contributed by atoms with E-state index in [0.717, 1.165) is 18.7 Å². The molecule has 0 radical (unpaired) electrons. The lowest BCUT2D eigenvalue weighted by atomic mass is 10.1. The molecule has 1 atom stereocenters. The van der Waals surface area contributed by atoms with Gasteiger partial charge in [-0.2, -0.15) is 0 Å². The molecule has 1 aromatic carbocycles. The summed E-state index contributed by atoms with van der Waals surface area (Å²) >= 11 is 5.97. The summed E-state index contributed by atoms with van der Waals surface area (Å²) in [6.07, 6.45) is 6.38. The maximum Gasteiger partial charge on any atom is 0.138 e. The van der Waals surface area contributed by atoms with Gasteiger partial charge in [-0.3, -0.25) is 4.90 Å². The Balaban J connectivity index is 2.12. The van der Waals surface area contributed by atoms with Crippen molar-refractivity contribution in [2.75, 3.05) is 6.54 Å². The maximum absolute atomic E-state index is 10.00. The second-order valence-electron chi connectivity index (χ2n) is 5.13. The van der Waals surface area contributed by atoms with Gasteiger partial charge in [0.1, 0.15) is 5.75 Å². The van der Waals surface area contributed by atoms with Crippen molar-refractivity contribution >= 4 is 11.6 Å². The van der Waals surface area contributed by atoms with Crippen LogP contribution in [-0.4, -0.2) is 22.6 Å². The zero-order valence-electron chi connectivity index (χ0n) is 11.0. The largest absolute Gasteiger partial charge is 0.506 e. The minimum Gasteiger partial charge on any atom is -0.506 e. The first kappa shape index (κ1) is 13.7. The molecule has 0 aromatic heterocycles. The molecule has 1 N–H and O–H groups in total. The van der Waals surface area contributed by atoms with Crippen LogP contribution >= 0.6 is 11.6 Å². The second-order valence-corrected chi connectivity index (χ2v) is 5.54. The Morgan fingerprint density at radius 2 is 2.17 bits per heavy atom. The number of rotatable bonds is 3. The first-order valence-corrected chi connectivity index (χ1v) is 7.30. The van der Waals surface area contributed by atoms with Crippen LogP contribution in [0.15, 0.2) is 18.2 Å². The van der Waals surface area contributed by atoms with Gasteiger partial charge in [-0.1, -0.05) is 43.5 Å². The fraction of sp³-hybridized carbons (Fsp3) is 0.600. The van der Waals surface area contributed by atoms with Gasteiger partial charge in [0.25, 0.3) is 0 Å². The molecule has 0 saturated carbocycles. The predicted octanol–water partition coefficient (Wildman–Crippen LogP) is 4.20. The van der Waals surface area contributed by atoms with Crippen molar-refractivity contribution in [3.8, 4) is 5.75 Å². The summed E-state index contributed by atoms with van der Waals surface area (Å²) in [6.45, 7) is 4.19. The number of halogens is 1. The highest BCUT2D eigenvalue weighted by molar-refractivity contribution is 6.32. The van der Waals surface area contributed by atoms with E-state index in [1.165, 1.54) is 32.1 Å². The van der Waals surface area contributed by atoms with Crippen LogP contribution in [0.2, 0.25) is 5.02 Å². The van der Waals surface area contributed by atoms with Crippen molar-refractivity contribution in [3.63, 3.8) is 0 Å². The molecule has 1 aromatic rings. The Morgan fingerprint density at radius 1 is 1.33 bits per heavy atom. The van der Waals surface area contributed by atoms with Gasteiger partial charge in [0.15, 0.2) is 0 Å². The number of nitrogens with zero attached hydrogens (tertiary/aromatic N) is 1. The first-order chi connectivity index (χ1) is 8.72. The molecule has 1 aliphatic heterocycles. The number of likely N-dealkylation sites (tertiary alicyclic amines) is 1. The molecular formula is C15H22ClNO. The van der Waals surface area contributed by atoms with Gasteiger partial charge in [-0.05, 0) is 31.9 Å². The van der Waals surface area contributed by atoms with Crippen molar-refractivity contribution in [1.29, 1.82) is 0 Å². The van der Waals surface area contributed by atoms with E-state index in [0.29, 0.717) is 11.1 Å². The molecule has 1 aliphatic rings. The molecule has 2 nitrogen and oxygen atoms in total. The van der Waals surface area contributed by atoms with Gasteiger partial charge in [0.2, 0.25) is 0 Å². The quantitative estimate of drug-likeness (QED) is 0.887. The van der Waals surface area contributed by atoms with Crippen molar-refractivity contribution < 1.29 is 5.11 Å². The Labute approximate surface area is 115 Å². The normalized spacial score (nSPS) is 21.8. The second kappa shape index (κ2) is 6.44. The molecular weight excluding hydrogens is 246 g/mol. The van der Waals surface area contributed by atoms with Gasteiger partial charge in [0, 0.05) is 18.2 Å². The van der Waals surface area contributed by atoms with Crippen LogP contribution in [0.25, 0.3) is 0 Å². The number of aromatic hydroxyl groups is 1. The van der Waals surface area contributed by atoms with E-state index in [4.69, 9.17) is 11.6 Å². The highest BCUT2D eigenvalue weighted by Gasteiger charge is 2.20. The number of hydrogen-bond donors (Lipinski definition) is 1. The molecule has 1 fully saturated rings. The predicted molar refractivity (Wildman–Crippen MR) is 76.1 cm³/mol. The Kier molecular flexibility index (Phi) is 4.90. The van der Waals surface area contributed by atoms with Crippen molar-refractivity contribution in [2.24, 2.45) is 0 Å². The lowest BCUT2D eigenvalue weighted by Crippen LogP contribution is -2.33. The van der Waals surface area contributed by atoms with Crippen LogP contribution < -0.4 is 0 Å². The van der Waals surface area contributed by atoms with Gasteiger partial charge >= 0.3 is 0 Å². The Morgan fingerprint density at radius 3 is 2.94 bits per heavy atom. The zero-order chi connectivity index (χ0) is 13.0. The highest BCUT2D eigenvalue weighted by Crippen LogP contribution is 2.30. The third-order valence-electron chi connectivity index (χ3n) is 3.91. The first-order valence-electron chi connectivity index (χ1n) is 6.92. The summed E-state index contributed by atoms with van der Waals surface area (Å²) in [4.78, 5) is 2.50. The van der Waals surface area contributed by atoms with Crippen LogP contribution in [0, 0.1) is 0 Å². The number of phenols is 1. The summed E-state index contributed by atoms with van der Waals surface area (Å²) in [5, 5.41) is 10.5. The Bertz CT molecular complexity index is 394. The molecule has 0 amide bonds. The van der Waals surface area contributed by atoms with E-state index in [9.17, 15) is 5.11 Å². The van der Waals surface area contributed by atoms with E-state index >= 15 is 0 Å². The third-order valence-corrected chi connectivity index (χ3v) is 4.22. The Hall–Kier alpha value is -0.730. The maximum atomic E-state index is 10.00. The van der Waals surface area contributed by atoms with Crippen molar-refractivity contribution in [1.82, 2.24) is 4.90 Å². The molecule has 1 saturated heterocycles. The molecule has 1 unspecified atom stereocenters. The number of phenolic OH excluding ortho intramolecular Hbond substituents is 1. The van der Waals surface area contributed by atoms with Crippen molar-refractivity contribution in [3.05, 3.63) is 28.8 Å². The zero-order valence-corrected chi connectivity index (χ0v) is 11.8. The van der Waals surface area contributed by atoms with Crippen LogP contribution in [0.3, 0.4) is 0 Å². The fourth-order valence-corrected chi connectivity index (χ4v) is 3.01. The average molecular weight is 268 g/mol. The number of benzene rings is 1. The fourth-order valence-electron chi connectivity index (χ4n) is 2.81. The molecule has 0 aliphatic carbocycles. The molecule has 3 heteroatoms. The number of para-hydroxylation sites is 1. The summed E-state index contributed by atoms with van der Waals surface area (Å²) in [7, 11) is 0. The minimum absolute atomic E-state index is 0.248. The monoisotopic (exact) mass is 267 g/mol. The summed E-state index contributed by atoms with van der Waals surface area (Å²) in [5.41, 5.74) is 0.947. The number of hydrogen-bond acceptors (Lipinski definition) is 2. The molecule has 100 valence electrons. The average Bonchev–Trinajstić information content (AvgIpc) is 2.60. The summed E-state index contributed by atoms with van der Waals surface area (Å²) in [5.74, 6) is 0.248. The van der Waals surface area contributed by atoms with Gasteiger partial charge in [0.05, 0.1) is 5.02 Å². The molecule has 1 heterocycles. The van der Waals surface area contributed by atoms with Gasteiger partial charge in [-0.25, -0.2) is 0 Å². The molecule has 2 rings (SSSR count). The van der Waals surface area contributed by atoms with Crippen LogP contribution in [0.5, 0.6) is 5.75 Å². The molecule has 0 spiro atoms. The highest BCUT2D eigenvalue weighted by atomic mass is 35.5. The SMILES string of the molecule is CCC1CCCCCN1Cc1cccc(Cl)c1O. The topological polar surface area (TPSA) is 23.5 Å². The smallest absolute Gasteiger partial charge is 0.138 e. The van der Waals surface area contributed by atoms with Gasteiger partial charge < -0.3 is 5.11 Å². The standard InChI is InChI=1S/C15H22ClNO/c1-2-13-8-4-3-5-10-17(13)11-12-7-6-9-14(16)15(12)18/h6-7,9,13,18H,2-5,8,10-11H2,1H3. The van der Waals surface area contributed by atoms with Crippen LogP contribution in [0.4, 0.5) is 0 Å². The van der Waals surface area contributed by atoms with Crippen LogP contribution in [0.1, 0.15) is 44.6 Å². The lowest BCUT2D eigenvalue weighted by molar-refractivity contribution is 0.184. The van der Waals surface area contributed by atoms with E-state index in [1.54, 1.807) is 6.07 Å². The summed E-state index contributed by atoms with van der Waals surface area (Å²) < 4.78 is 0. The molecule has 0 bridgehead atoms. The third kappa shape index (κ3) is 3.18. The molecule has 18 heavy (non-hydrogen) atoms.